The molecule has 11 heteroatoms. The Labute approximate surface area is 229 Å². The molecule has 0 radical (unpaired) electrons. The first-order valence-corrected chi connectivity index (χ1v) is 13.7. The highest BCUT2D eigenvalue weighted by Crippen LogP contribution is 2.37. The number of nitrogens with zero attached hydrogens (tertiary/aromatic N) is 5. The highest BCUT2D eigenvalue weighted by Gasteiger charge is 2.42. The summed E-state index contributed by atoms with van der Waals surface area (Å²) in [4.78, 5) is 35.4. The SMILES string of the molecule is O=C1NCOCC(c2cnc3ccccn23)=C1c1cn2c3c(cc(F)cc13)CN(C(=O)N1CC3CC1CN3)CC2. The summed E-state index contributed by atoms with van der Waals surface area (Å²) in [6.07, 6.45) is 6.55. The number of hydrogen-bond acceptors (Lipinski definition) is 5. The lowest BCUT2D eigenvalue weighted by Gasteiger charge is -2.33. The fourth-order valence-electron chi connectivity index (χ4n) is 6.85. The van der Waals surface area contributed by atoms with Gasteiger partial charge >= 0.3 is 6.03 Å². The average Bonchev–Trinajstić information content (AvgIpc) is 3.71. The van der Waals surface area contributed by atoms with Crippen LogP contribution in [0, 0.1) is 5.82 Å². The number of halogens is 1. The van der Waals surface area contributed by atoms with E-state index in [9.17, 15) is 9.59 Å². The molecule has 2 N–H and O–H groups in total. The molecule has 4 aliphatic rings. The zero-order chi connectivity index (χ0) is 27.0. The monoisotopic (exact) mass is 541 g/mol. The number of imidazole rings is 1. The number of carbonyl (C=O) groups is 2. The van der Waals surface area contributed by atoms with Gasteiger partial charge in [-0.1, -0.05) is 6.07 Å². The summed E-state index contributed by atoms with van der Waals surface area (Å²) in [6, 6.07) is 9.32. The third-order valence-corrected chi connectivity index (χ3v) is 8.67. The van der Waals surface area contributed by atoms with Crippen LogP contribution in [0.3, 0.4) is 0 Å². The van der Waals surface area contributed by atoms with Gasteiger partial charge in [0.15, 0.2) is 0 Å². The van der Waals surface area contributed by atoms with Crippen molar-refractivity contribution in [2.24, 2.45) is 0 Å². The molecule has 0 spiro atoms. The van der Waals surface area contributed by atoms with Crippen molar-refractivity contribution < 1.29 is 18.7 Å². The van der Waals surface area contributed by atoms with Gasteiger partial charge < -0.3 is 29.7 Å². The molecule has 3 aromatic heterocycles. The third kappa shape index (κ3) is 3.57. The normalized spacial score (nSPS) is 22.8. The van der Waals surface area contributed by atoms with Crippen LogP contribution in [0.15, 0.2) is 48.9 Å². The first-order valence-electron chi connectivity index (χ1n) is 13.7. The fourth-order valence-corrected chi connectivity index (χ4v) is 6.85. The van der Waals surface area contributed by atoms with Crippen LogP contribution < -0.4 is 10.6 Å². The zero-order valence-electron chi connectivity index (χ0n) is 21.8. The predicted molar refractivity (Wildman–Crippen MR) is 146 cm³/mol. The molecule has 1 aromatic carbocycles. The molecule has 7 heterocycles. The number of likely N-dealkylation sites (tertiary alicyclic amines) is 1. The van der Waals surface area contributed by atoms with E-state index in [1.807, 2.05) is 44.8 Å². The second-order valence-corrected chi connectivity index (χ2v) is 11.0. The summed E-state index contributed by atoms with van der Waals surface area (Å²) in [6.45, 7) is 3.16. The standard InChI is InChI=1S/C29H28FN7O3/c30-18-7-17-12-35(29(39)37-13-19-9-20(37)10-31-19)6-5-34-14-22(21(8-18)27(17)34)26-23(15-40-16-33-28(26)38)24-11-32-25-3-1-2-4-36(24)25/h1-4,7-8,11,14,19-20,31H,5-6,9-10,12-13,15-16H2,(H,33,38). The maximum Gasteiger partial charge on any atom is 0.320 e. The van der Waals surface area contributed by atoms with Crippen LogP contribution in [-0.2, 0) is 22.6 Å². The highest BCUT2D eigenvalue weighted by molar-refractivity contribution is 6.29. The minimum absolute atomic E-state index is 0.00953. The number of ether oxygens (including phenoxy) is 1. The van der Waals surface area contributed by atoms with Gasteiger partial charge in [0.1, 0.15) is 18.2 Å². The van der Waals surface area contributed by atoms with Gasteiger partial charge in [0, 0.05) is 73.7 Å². The van der Waals surface area contributed by atoms with E-state index in [4.69, 9.17) is 4.74 Å². The number of urea groups is 1. The molecule has 2 bridgehead atoms. The van der Waals surface area contributed by atoms with Crippen LogP contribution in [0.4, 0.5) is 9.18 Å². The fraction of sp³-hybridized carbons (Fsp3) is 0.345. The number of aromatic nitrogens is 3. The van der Waals surface area contributed by atoms with E-state index in [1.54, 1.807) is 6.20 Å². The molecule has 204 valence electrons. The predicted octanol–water partition coefficient (Wildman–Crippen LogP) is 2.42. The molecule has 2 atom stereocenters. The lowest BCUT2D eigenvalue weighted by atomic mass is 9.96. The van der Waals surface area contributed by atoms with Crippen LogP contribution in [-0.4, -0.2) is 80.7 Å². The van der Waals surface area contributed by atoms with Crippen LogP contribution in [0.2, 0.25) is 0 Å². The van der Waals surface area contributed by atoms with Crippen LogP contribution >= 0.6 is 0 Å². The summed E-state index contributed by atoms with van der Waals surface area (Å²) < 4.78 is 25.0. The molecule has 2 unspecified atom stereocenters. The van der Waals surface area contributed by atoms with Crippen molar-refractivity contribution in [2.45, 2.75) is 31.6 Å². The first kappa shape index (κ1) is 23.6. The smallest absolute Gasteiger partial charge is 0.320 e. The van der Waals surface area contributed by atoms with Crippen molar-refractivity contribution in [2.75, 3.05) is 33.0 Å². The van der Waals surface area contributed by atoms with Gasteiger partial charge in [-0.05, 0) is 36.2 Å². The molecule has 4 aromatic rings. The van der Waals surface area contributed by atoms with Gasteiger partial charge in [-0.15, -0.1) is 0 Å². The van der Waals surface area contributed by atoms with Gasteiger partial charge in [-0.3, -0.25) is 9.20 Å². The van der Waals surface area contributed by atoms with Gasteiger partial charge in [0.25, 0.3) is 5.91 Å². The Balaban J connectivity index is 1.25. The number of fused-ring (bicyclic) bond motifs is 3. The van der Waals surface area contributed by atoms with E-state index in [-0.39, 0.29) is 31.3 Å². The van der Waals surface area contributed by atoms with E-state index in [0.717, 1.165) is 35.4 Å². The summed E-state index contributed by atoms with van der Waals surface area (Å²) in [5, 5.41) is 6.92. The summed E-state index contributed by atoms with van der Waals surface area (Å²) >= 11 is 0. The minimum atomic E-state index is -0.400. The van der Waals surface area contributed by atoms with E-state index in [2.05, 4.69) is 20.2 Å². The molecule has 2 saturated heterocycles. The van der Waals surface area contributed by atoms with Gasteiger partial charge in [0.2, 0.25) is 0 Å². The number of piperazine rings is 1. The second kappa shape index (κ2) is 8.90. The molecular weight excluding hydrogens is 513 g/mol. The number of pyridine rings is 1. The Kier molecular flexibility index (Phi) is 5.26. The molecule has 0 saturated carbocycles. The number of carbonyl (C=O) groups excluding carboxylic acids is 2. The Bertz CT molecular complexity index is 1740. The number of rotatable bonds is 2. The average molecular weight is 542 g/mol. The Morgan fingerprint density at radius 1 is 1.20 bits per heavy atom. The van der Waals surface area contributed by atoms with Gasteiger partial charge in [0.05, 0.1) is 29.6 Å². The van der Waals surface area contributed by atoms with Crippen LogP contribution in [0.1, 0.15) is 23.2 Å². The van der Waals surface area contributed by atoms with Crippen molar-refractivity contribution in [3.05, 3.63) is 71.6 Å². The summed E-state index contributed by atoms with van der Waals surface area (Å²) in [5.41, 5.74) is 4.85. The molecular formula is C29H28FN7O3. The molecule has 3 amide bonds. The molecule has 0 aliphatic carbocycles. The molecule has 4 aliphatic heterocycles. The molecule has 40 heavy (non-hydrogen) atoms. The Morgan fingerprint density at radius 2 is 2.12 bits per heavy atom. The van der Waals surface area contributed by atoms with E-state index >= 15 is 4.39 Å². The van der Waals surface area contributed by atoms with Crippen molar-refractivity contribution >= 4 is 39.6 Å². The minimum Gasteiger partial charge on any atom is -0.356 e. The van der Waals surface area contributed by atoms with Crippen molar-refractivity contribution in [1.29, 1.82) is 0 Å². The summed E-state index contributed by atoms with van der Waals surface area (Å²) in [7, 11) is 0. The van der Waals surface area contributed by atoms with Crippen molar-refractivity contribution in [3.63, 3.8) is 0 Å². The van der Waals surface area contributed by atoms with E-state index in [0.29, 0.717) is 54.3 Å². The topological polar surface area (TPSA) is 96.1 Å². The largest absolute Gasteiger partial charge is 0.356 e. The zero-order valence-corrected chi connectivity index (χ0v) is 21.8. The molecule has 2 fully saturated rings. The quantitative estimate of drug-likeness (QED) is 0.407. The van der Waals surface area contributed by atoms with E-state index in [1.165, 1.54) is 12.1 Å². The maximum atomic E-state index is 15.2. The first-order chi connectivity index (χ1) is 19.5. The number of nitrogens with one attached hydrogen (secondary N) is 2. The lowest BCUT2D eigenvalue weighted by Crippen LogP contribution is -2.51. The number of amides is 3. The number of benzene rings is 1. The maximum absolute atomic E-state index is 15.2. The van der Waals surface area contributed by atoms with Crippen LogP contribution in [0.25, 0.3) is 27.7 Å². The van der Waals surface area contributed by atoms with Gasteiger partial charge in [-0.25, -0.2) is 14.2 Å². The van der Waals surface area contributed by atoms with Gasteiger partial charge in [-0.2, -0.15) is 0 Å². The summed E-state index contributed by atoms with van der Waals surface area (Å²) in [5.74, 6) is -0.683. The van der Waals surface area contributed by atoms with E-state index < -0.39 is 5.82 Å². The molecule has 8 rings (SSSR count). The highest BCUT2D eigenvalue weighted by atomic mass is 19.1. The van der Waals surface area contributed by atoms with Crippen molar-refractivity contribution in [3.8, 4) is 0 Å². The lowest BCUT2D eigenvalue weighted by molar-refractivity contribution is -0.116. The third-order valence-electron chi connectivity index (χ3n) is 8.67. The molecule has 10 nitrogen and oxygen atoms in total. The van der Waals surface area contributed by atoms with Crippen molar-refractivity contribution in [1.82, 2.24) is 34.4 Å². The van der Waals surface area contributed by atoms with Crippen LogP contribution in [0.5, 0.6) is 0 Å². The Hall–Kier alpha value is -4.22. The second-order valence-electron chi connectivity index (χ2n) is 11.0. The Morgan fingerprint density at radius 3 is 2.98 bits per heavy atom. The number of hydrogen-bond donors (Lipinski definition) is 2.